The van der Waals surface area contributed by atoms with Crippen LogP contribution in [0.5, 0.6) is 0 Å². The van der Waals surface area contributed by atoms with E-state index in [0.717, 1.165) is 18.8 Å². The maximum atomic E-state index is 12.5. The Labute approximate surface area is 131 Å². The number of carbonyl (C=O) groups is 1. The van der Waals surface area contributed by atoms with Gasteiger partial charge in [-0.2, -0.15) is 5.10 Å². The summed E-state index contributed by atoms with van der Waals surface area (Å²) in [6.07, 6.45) is -0.470. The summed E-state index contributed by atoms with van der Waals surface area (Å²) in [6.45, 7) is 8.25. The smallest absolute Gasteiger partial charge is 0.272 e. The number of rotatable bonds is 6. The fourth-order valence-corrected chi connectivity index (χ4v) is 2.71. The van der Waals surface area contributed by atoms with Crippen molar-refractivity contribution in [3.63, 3.8) is 0 Å². The first-order valence-electron chi connectivity index (χ1n) is 7.79. The van der Waals surface area contributed by atoms with Crippen LogP contribution in [0.2, 0.25) is 0 Å². The van der Waals surface area contributed by atoms with Crippen LogP contribution in [0.3, 0.4) is 0 Å². The quantitative estimate of drug-likeness (QED) is 0.793. The summed E-state index contributed by atoms with van der Waals surface area (Å²) in [4.78, 5) is 16.5. The molecule has 1 amide bonds. The molecule has 0 radical (unpaired) electrons. The number of β-amino-alcohol motifs (C(OH)–C–C–N with tert-alkyl or cyclic N) is 1. The highest BCUT2D eigenvalue weighted by molar-refractivity contribution is 5.92. The number of hydrogen-bond acceptors (Lipinski definition) is 5. The first kappa shape index (κ1) is 16.9. The maximum absolute atomic E-state index is 12.5. The fourth-order valence-electron chi connectivity index (χ4n) is 2.71. The lowest BCUT2D eigenvalue weighted by molar-refractivity contribution is 0.0110. The van der Waals surface area contributed by atoms with Crippen molar-refractivity contribution in [2.45, 2.75) is 20.0 Å². The molecule has 1 aliphatic heterocycles. The van der Waals surface area contributed by atoms with E-state index in [1.807, 2.05) is 24.8 Å². The lowest BCUT2D eigenvalue weighted by atomic mass is 10.2. The third-order valence-corrected chi connectivity index (χ3v) is 3.86. The fraction of sp³-hybridized carbons (Fsp3) is 0.733. The number of nitrogens with zero attached hydrogens (tertiary/aromatic N) is 4. The molecular formula is C15H26N4O3. The molecule has 1 atom stereocenters. The summed E-state index contributed by atoms with van der Waals surface area (Å²) in [5.74, 6) is 0.0256. The van der Waals surface area contributed by atoms with Crippen molar-refractivity contribution < 1.29 is 14.6 Å². The van der Waals surface area contributed by atoms with Gasteiger partial charge in [-0.3, -0.25) is 14.4 Å². The van der Waals surface area contributed by atoms with Crippen molar-refractivity contribution in [1.29, 1.82) is 0 Å². The molecule has 1 saturated heterocycles. The van der Waals surface area contributed by atoms with Crippen LogP contribution in [0.4, 0.5) is 0 Å². The van der Waals surface area contributed by atoms with Gasteiger partial charge in [-0.1, -0.05) is 0 Å². The van der Waals surface area contributed by atoms with Gasteiger partial charge >= 0.3 is 0 Å². The first-order chi connectivity index (χ1) is 10.5. The van der Waals surface area contributed by atoms with Crippen LogP contribution in [-0.2, 0) is 11.8 Å². The van der Waals surface area contributed by atoms with Crippen molar-refractivity contribution in [3.8, 4) is 0 Å². The van der Waals surface area contributed by atoms with Gasteiger partial charge in [0.25, 0.3) is 5.91 Å². The van der Waals surface area contributed by atoms with Crippen molar-refractivity contribution in [1.82, 2.24) is 19.6 Å². The van der Waals surface area contributed by atoms with Gasteiger partial charge in [0, 0.05) is 46.4 Å². The molecule has 0 spiro atoms. The number of aliphatic hydroxyl groups is 1. The number of aromatic nitrogens is 2. The molecule has 1 aromatic rings. The molecule has 1 aliphatic rings. The highest BCUT2D eigenvalue weighted by Gasteiger charge is 2.25. The SMILES string of the molecule is CCOCC(O)CN1CCN(C(=O)c2cc(C)nn2C)CC1. The second-order valence-electron chi connectivity index (χ2n) is 5.70. The zero-order valence-corrected chi connectivity index (χ0v) is 13.7. The Kier molecular flexibility index (Phi) is 5.93. The minimum Gasteiger partial charge on any atom is -0.389 e. The molecule has 1 unspecified atom stereocenters. The molecule has 2 rings (SSSR count). The lowest BCUT2D eigenvalue weighted by Crippen LogP contribution is -2.51. The van der Waals surface area contributed by atoms with Gasteiger partial charge in [0.05, 0.1) is 18.4 Å². The number of aryl methyl sites for hydroxylation is 2. The summed E-state index contributed by atoms with van der Waals surface area (Å²) in [5.41, 5.74) is 1.48. The Morgan fingerprint density at radius 3 is 2.64 bits per heavy atom. The van der Waals surface area contributed by atoms with Gasteiger partial charge in [-0.25, -0.2) is 0 Å². The topological polar surface area (TPSA) is 70.8 Å². The summed E-state index contributed by atoms with van der Waals surface area (Å²) < 4.78 is 6.85. The minimum absolute atomic E-state index is 0.0256. The summed E-state index contributed by atoms with van der Waals surface area (Å²) in [5, 5.41) is 14.1. The van der Waals surface area contributed by atoms with Crippen LogP contribution < -0.4 is 0 Å². The highest BCUT2D eigenvalue weighted by atomic mass is 16.5. The lowest BCUT2D eigenvalue weighted by Gasteiger charge is -2.35. The van der Waals surface area contributed by atoms with E-state index in [1.165, 1.54) is 0 Å². The number of hydrogen-bond donors (Lipinski definition) is 1. The Hall–Kier alpha value is -1.44. The largest absolute Gasteiger partial charge is 0.389 e. The number of ether oxygens (including phenoxy) is 1. The number of aliphatic hydroxyl groups excluding tert-OH is 1. The summed E-state index contributed by atoms with van der Waals surface area (Å²) >= 11 is 0. The molecule has 1 fully saturated rings. The predicted molar refractivity (Wildman–Crippen MR) is 82.8 cm³/mol. The molecule has 124 valence electrons. The molecule has 1 N–H and O–H groups in total. The zero-order valence-electron chi connectivity index (χ0n) is 13.7. The summed E-state index contributed by atoms with van der Waals surface area (Å²) in [7, 11) is 1.79. The van der Waals surface area contributed by atoms with Crippen LogP contribution in [0.15, 0.2) is 6.07 Å². The van der Waals surface area contributed by atoms with E-state index < -0.39 is 6.10 Å². The molecule has 0 bridgehead atoms. The maximum Gasteiger partial charge on any atom is 0.272 e. The third-order valence-electron chi connectivity index (χ3n) is 3.86. The molecule has 7 nitrogen and oxygen atoms in total. The highest BCUT2D eigenvalue weighted by Crippen LogP contribution is 2.10. The van der Waals surface area contributed by atoms with Gasteiger partial charge in [-0.15, -0.1) is 0 Å². The Morgan fingerprint density at radius 2 is 2.09 bits per heavy atom. The van der Waals surface area contributed by atoms with Crippen LogP contribution >= 0.6 is 0 Å². The van der Waals surface area contributed by atoms with E-state index in [9.17, 15) is 9.90 Å². The van der Waals surface area contributed by atoms with Gasteiger partial charge in [0.1, 0.15) is 5.69 Å². The summed E-state index contributed by atoms with van der Waals surface area (Å²) in [6, 6.07) is 1.82. The van der Waals surface area contributed by atoms with Crippen molar-refractivity contribution in [3.05, 3.63) is 17.5 Å². The average molecular weight is 310 g/mol. The Balaban J connectivity index is 1.82. The van der Waals surface area contributed by atoms with Gasteiger partial charge in [0.15, 0.2) is 0 Å². The average Bonchev–Trinajstić information content (AvgIpc) is 2.84. The monoisotopic (exact) mass is 310 g/mol. The Morgan fingerprint density at radius 1 is 1.41 bits per heavy atom. The van der Waals surface area contributed by atoms with Gasteiger partial charge in [-0.05, 0) is 19.9 Å². The predicted octanol–water partition coefficient (Wildman–Crippen LogP) is -0.116. The molecule has 0 aromatic carbocycles. The molecule has 1 aromatic heterocycles. The second kappa shape index (κ2) is 7.71. The van der Waals surface area contributed by atoms with Gasteiger partial charge in [0.2, 0.25) is 0 Å². The molecule has 0 saturated carbocycles. The van der Waals surface area contributed by atoms with Crippen molar-refractivity contribution >= 4 is 5.91 Å². The van der Waals surface area contributed by atoms with Gasteiger partial charge < -0.3 is 14.7 Å². The molecule has 2 heterocycles. The van der Waals surface area contributed by atoms with Crippen LogP contribution in [0, 0.1) is 6.92 Å². The minimum atomic E-state index is -0.470. The second-order valence-corrected chi connectivity index (χ2v) is 5.70. The number of piperazine rings is 1. The number of amides is 1. The molecule has 22 heavy (non-hydrogen) atoms. The van der Waals surface area contributed by atoms with Crippen LogP contribution in [0.25, 0.3) is 0 Å². The van der Waals surface area contributed by atoms with Crippen LogP contribution in [0.1, 0.15) is 23.1 Å². The Bertz CT molecular complexity index is 495. The van der Waals surface area contributed by atoms with E-state index >= 15 is 0 Å². The third kappa shape index (κ3) is 4.28. The number of carbonyl (C=O) groups excluding carboxylic acids is 1. The molecular weight excluding hydrogens is 284 g/mol. The van der Waals surface area contributed by atoms with E-state index in [2.05, 4.69) is 10.00 Å². The zero-order chi connectivity index (χ0) is 16.1. The van der Waals surface area contributed by atoms with Crippen molar-refractivity contribution in [2.75, 3.05) is 45.9 Å². The van der Waals surface area contributed by atoms with E-state index in [-0.39, 0.29) is 5.91 Å². The standard InChI is InChI=1S/C15H26N4O3/c1-4-22-11-13(20)10-18-5-7-19(8-6-18)15(21)14-9-12(2)16-17(14)3/h9,13,20H,4-8,10-11H2,1-3H3. The van der Waals surface area contributed by atoms with E-state index in [1.54, 1.807) is 11.7 Å². The molecule has 0 aliphatic carbocycles. The van der Waals surface area contributed by atoms with Crippen LogP contribution in [-0.4, -0.2) is 82.6 Å². The van der Waals surface area contributed by atoms with E-state index in [4.69, 9.17) is 4.74 Å². The normalized spacial score (nSPS) is 17.7. The van der Waals surface area contributed by atoms with E-state index in [0.29, 0.717) is 38.5 Å². The molecule has 7 heteroatoms. The first-order valence-corrected chi connectivity index (χ1v) is 7.79. The van der Waals surface area contributed by atoms with Crippen molar-refractivity contribution in [2.24, 2.45) is 7.05 Å².